The van der Waals surface area contributed by atoms with Crippen molar-refractivity contribution < 1.29 is 19.7 Å². The van der Waals surface area contributed by atoms with Gasteiger partial charge in [0, 0.05) is 17.6 Å². The van der Waals surface area contributed by atoms with Crippen LogP contribution in [0.1, 0.15) is 32.4 Å². The van der Waals surface area contributed by atoms with Crippen LogP contribution in [0.25, 0.3) is 0 Å². The van der Waals surface area contributed by atoms with Gasteiger partial charge in [-0.1, -0.05) is 45.0 Å². The fraction of sp³-hybridized carbons (Fsp3) is 0.350. The van der Waals surface area contributed by atoms with Gasteiger partial charge in [0.2, 0.25) is 5.91 Å². The van der Waals surface area contributed by atoms with Crippen LogP contribution in [0.15, 0.2) is 36.4 Å². The lowest BCUT2D eigenvalue weighted by Crippen LogP contribution is -2.27. The van der Waals surface area contributed by atoms with Crippen LogP contribution < -0.4 is 10.1 Å². The number of methoxy groups -OCH3 is 1. The molecule has 0 bridgehead atoms. The Morgan fingerprint density at radius 3 is 2.46 bits per heavy atom. The summed E-state index contributed by atoms with van der Waals surface area (Å²) in [4.78, 5) is 11.9. The van der Waals surface area contributed by atoms with E-state index in [1.165, 1.54) is 12.1 Å². The number of nitrogens with one attached hydrogen (secondary N) is 1. The number of carbonyl (C=O) groups is 1. The van der Waals surface area contributed by atoms with E-state index in [9.17, 15) is 15.0 Å². The molecule has 0 heterocycles. The molecule has 0 radical (unpaired) electrons. The van der Waals surface area contributed by atoms with E-state index in [0.717, 1.165) is 11.3 Å². The molecule has 3 N–H and O–H groups in total. The Bertz CT molecular complexity index is 704. The van der Waals surface area contributed by atoms with E-state index in [2.05, 4.69) is 5.32 Å². The molecule has 2 aromatic rings. The van der Waals surface area contributed by atoms with E-state index < -0.39 is 0 Å². The standard InChI is InChI=1S/C17H18ClNO4.C2H6.CH4/c1-23-13-4-2-3-11(7-13)5-6-19-17(22)9-12-8-15(20)16(21)10-14(12)18;1-2;/h2-4,7-8,10,20-21H,5-6,9H2,1H3,(H,19,22);1-2H3;1H4. The molecule has 5 nitrogen and oxygen atoms in total. The molecule has 1 amide bonds. The fourth-order valence-electron chi connectivity index (χ4n) is 2.14. The van der Waals surface area contributed by atoms with Crippen molar-refractivity contribution in [3.8, 4) is 17.2 Å². The van der Waals surface area contributed by atoms with Gasteiger partial charge in [0.15, 0.2) is 11.5 Å². The molecule has 0 aliphatic rings. The Hall–Kier alpha value is -2.40. The fourth-order valence-corrected chi connectivity index (χ4v) is 2.36. The van der Waals surface area contributed by atoms with Crippen molar-refractivity contribution in [1.82, 2.24) is 5.32 Å². The van der Waals surface area contributed by atoms with Crippen molar-refractivity contribution in [2.45, 2.75) is 34.1 Å². The third-order valence-corrected chi connectivity index (χ3v) is 3.72. The third-order valence-electron chi connectivity index (χ3n) is 3.36. The monoisotopic (exact) mass is 381 g/mol. The summed E-state index contributed by atoms with van der Waals surface area (Å²) in [6, 6.07) is 10.1. The molecule has 144 valence electrons. The summed E-state index contributed by atoms with van der Waals surface area (Å²) in [7, 11) is 1.61. The number of phenolic OH excluding ortho intramolecular Hbond substituents is 2. The van der Waals surface area contributed by atoms with Crippen molar-refractivity contribution in [2.75, 3.05) is 13.7 Å². The van der Waals surface area contributed by atoms with Crippen molar-refractivity contribution >= 4 is 17.5 Å². The Morgan fingerprint density at radius 1 is 1.15 bits per heavy atom. The number of hydrogen-bond acceptors (Lipinski definition) is 4. The first-order valence-corrected chi connectivity index (χ1v) is 8.47. The van der Waals surface area contributed by atoms with Gasteiger partial charge in [-0.05, 0) is 35.7 Å². The highest BCUT2D eigenvalue weighted by atomic mass is 35.5. The molecule has 0 spiro atoms. The maximum atomic E-state index is 11.9. The predicted molar refractivity (Wildman–Crippen MR) is 106 cm³/mol. The maximum Gasteiger partial charge on any atom is 0.224 e. The molecule has 0 aliphatic carbocycles. The summed E-state index contributed by atoms with van der Waals surface area (Å²) in [5.41, 5.74) is 1.52. The topological polar surface area (TPSA) is 78.8 Å². The van der Waals surface area contributed by atoms with Gasteiger partial charge in [0.25, 0.3) is 0 Å². The van der Waals surface area contributed by atoms with Gasteiger partial charge in [-0.15, -0.1) is 0 Å². The highest BCUT2D eigenvalue weighted by Crippen LogP contribution is 2.31. The zero-order chi connectivity index (χ0) is 18.8. The molecule has 0 unspecified atom stereocenters. The summed E-state index contributed by atoms with van der Waals surface area (Å²) in [6.45, 7) is 4.48. The van der Waals surface area contributed by atoms with E-state index in [1.54, 1.807) is 7.11 Å². The zero-order valence-corrected chi connectivity index (χ0v) is 15.4. The number of aromatic hydroxyl groups is 2. The van der Waals surface area contributed by atoms with Crippen molar-refractivity contribution in [3.05, 3.63) is 52.5 Å². The average molecular weight is 382 g/mol. The first-order chi connectivity index (χ1) is 12.0. The number of halogens is 1. The van der Waals surface area contributed by atoms with Gasteiger partial charge in [0.1, 0.15) is 5.75 Å². The molecule has 2 aromatic carbocycles. The van der Waals surface area contributed by atoms with Crippen LogP contribution in [-0.2, 0) is 17.6 Å². The number of phenols is 2. The summed E-state index contributed by atoms with van der Waals surface area (Å²) in [6.07, 6.45) is 0.711. The van der Waals surface area contributed by atoms with Crippen LogP contribution in [0.2, 0.25) is 5.02 Å². The zero-order valence-electron chi connectivity index (χ0n) is 14.7. The lowest BCUT2D eigenvalue weighted by atomic mass is 10.1. The number of carbonyl (C=O) groups excluding carboxylic acids is 1. The average Bonchev–Trinajstić information content (AvgIpc) is 2.61. The molecule has 0 atom stereocenters. The van der Waals surface area contributed by atoms with Gasteiger partial charge >= 0.3 is 0 Å². The molecule has 0 saturated heterocycles. The normalized spacial score (nSPS) is 9.38. The number of benzene rings is 2. The molecule has 26 heavy (non-hydrogen) atoms. The van der Waals surface area contributed by atoms with Crippen LogP contribution in [0, 0.1) is 0 Å². The van der Waals surface area contributed by atoms with Crippen molar-refractivity contribution in [1.29, 1.82) is 0 Å². The first-order valence-electron chi connectivity index (χ1n) is 8.09. The third kappa shape index (κ3) is 7.23. The number of amides is 1. The van der Waals surface area contributed by atoms with Crippen LogP contribution in [-0.4, -0.2) is 29.8 Å². The van der Waals surface area contributed by atoms with E-state index in [-0.39, 0.29) is 36.3 Å². The molecular weight excluding hydrogens is 354 g/mol. The highest BCUT2D eigenvalue weighted by molar-refractivity contribution is 6.31. The van der Waals surface area contributed by atoms with Crippen molar-refractivity contribution in [2.24, 2.45) is 0 Å². The molecule has 0 aliphatic heterocycles. The summed E-state index contributed by atoms with van der Waals surface area (Å²) in [5, 5.41) is 21.8. The second-order valence-electron chi connectivity index (χ2n) is 5.06. The molecule has 0 saturated carbocycles. The molecule has 0 fully saturated rings. The minimum absolute atomic E-state index is 0. The van der Waals surface area contributed by atoms with E-state index in [0.29, 0.717) is 18.5 Å². The quantitative estimate of drug-likeness (QED) is 0.651. The lowest BCUT2D eigenvalue weighted by molar-refractivity contribution is -0.120. The molecule has 0 aromatic heterocycles. The first kappa shape index (κ1) is 23.6. The van der Waals surface area contributed by atoms with Gasteiger partial charge in [0.05, 0.1) is 13.5 Å². The minimum atomic E-state index is -0.308. The minimum Gasteiger partial charge on any atom is -0.504 e. The van der Waals surface area contributed by atoms with E-state index >= 15 is 0 Å². The van der Waals surface area contributed by atoms with Gasteiger partial charge in [-0.25, -0.2) is 0 Å². The number of hydrogen-bond donors (Lipinski definition) is 3. The summed E-state index contributed by atoms with van der Waals surface area (Å²) >= 11 is 5.94. The van der Waals surface area contributed by atoms with Gasteiger partial charge < -0.3 is 20.3 Å². The molecular formula is C20H28ClNO4. The number of ether oxygens (including phenoxy) is 1. The molecule has 2 rings (SSSR count). The Kier molecular flexibility index (Phi) is 10.9. The lowest BCUT2D eigenvalue weighted by Gasteiger charge is -2.09. The van der Waals surface area contributed by atoms with Gasteiger partial charge in [-0.2, -0.15) is 0 Å². The number of rotatable bonds is 6. The molecule has 6 heteroatoms. The summed E-state index contributed by atoms with van der Waals surface area (Å²) < 4.78 is 5.15. The second kappa shape index (κ2) is 12.0. The smallest absolute Gasteiger partial charge is 0.224 e. The van der Waals surface area contributed by atoms with E-state index in [4.69, 9.17) is 16.3 Å². The largest absolute Gasteiger partial charge is 0.504 e. The van der Waals surface area contributed by atoms with Crippen LogP contribution in [0.4, 0.5) is 0 Å². The van der Waals surface area contributed by atoms with Gasteiger partial charge in [-0.3, -0.25) is 4.79 Å². The van der Waals surface area contributed by atoms with Crippen LogP contribution in [0.5, 0.6) is 17.2 Å². The highest BCUT2D eigenvalue weighted by Gasteiger charge is 2.11. The Morgan fingerprint density at radius 2 is 1.81 bits per heavy atom. The Balaban J connectivity index is 0.00000201. The van der Waals surface area contributed by atoms with Crippen LogP contribution >= 0.6 is 11.6 Å². The maximum absolute atomic E-state index is 11.9. The predicted octanol–water partition coefficient (Wildman–Crippen LogP) is 4.32. The van der Waals surface area contributed by atoms with Crippen LogP contribution in [0.3, 0.4) is 0 Å². The summed E-state index contributed by atoms with van der Waals surface area (Å²) in [5.74, 6) is -0.0363. The second-order valence-corrected chi connectivity index (χ2v) is 5.47. The Labute approximate surface area is 160 Å². The van der Waals surface area contributed by atoms with E-state index in [1.807, 2.05) is 38.1 Å². The SMILES string of the molecule is C.CC.COc1cccc(CCNC(=O)Cc2cc(O)c(O)cc2Cl)c1. The van der Waals surface area contributed by atoms with Crippen molar-refractivity contribution in [3.63, 3.8) is 0 Å².